The lowest BCUT2D eigenvalue weighted by molar-refractivity contribution is 0.0777. The number of aryl methyl sites for hydroxylation is 1. The number of hydrogen-bond acceptors (Lipinski definition) is 4. The molecule has 1 aromatic carbocycles. The van der Waals surface area contributed by atoms with Gasteiger partial charge in [-0.1, -0.05) is 0 Å². The molecule has 0 unspecified atom stereocenters. The predicted molar refractivity (Wildman–Crippen MR) is 87.3 cm³/mol. The summed E-state index contributed by atoms with van der Waals surface area (Å²) in [5, 5.41) is 6.11. The molecule has 124 valence electrons. The largest absolute Gasteiger partial charge is 0.486 e. The van der Waals surface area contributed by atoms with Gasteiger partial charge in [0.15, 0.2) is 11.5 Å². The molecule has 2 amide bonds. The molecule has 3 fully saturated rings. The highest BCUT2D eigenvalue weighted by Crippen LogP contribution is 2.35. The van der Waals surface area contributed by atoms with Crippen molar-refractivity contribution < 1.29 is 14.3 Å². The van der Waals surface area contributed by atoms with Crippen molar-refractivity contribution in [2.24, 2.45) is 5.92 Å². The molecule has 4 heterocycles. The van der Waals surface area contributed by atoms with Crippen LogP contribution in [0.4, 0.5) is 10.5 Å². The first-order valence-electron chi connectivity index (χ1n) is 8.39. The maximum Gasteiger partial charge on any atom is 0.319 e. The third-order valence-electron chi connectivity index (χ3n) is 5.11. The van der Waals surface area contributed by atoms with Gasteiger partial charge in [0.05, 0.1) is 0 Å². The molecule has 0 radical (unpaired) electrons. The average molecular weight is 317 g/mol. The van der Waals surface area contributed by atoms with Crippen LogP contribution in [-0.4, -0.2) is 49.8 Å². The second-order valence-corrected chi connectivity index (χ2v) is 6.65. The summed E-state index contributed by atoms with van der Waals surface area (Å²) in [7, 11) is 0. The smallest absolute Gasteiger partial charge is 0.319 e. The molecule has 23 heavy (non-hydrogen) atoms. The van der Waals surface area contributed by atoms with Crippen LogP contribution < -0.4 is 20.1 Å². The molecule has 2 bridgehead atoms. The Morgan fingerprint density at radius 1 is 1.17 bits per heavy atom. The van der Waals surface area contributed by atoms with Gasteiger partial charge in [0, 0.05) is 24.3 Å². The standard InChI is InChI=1S/C17H23N3O3/c1-11-8-15-16(23-7-6-22-15)9-13(11)18-17(21)19-14-10-20-4-2-12(14)3-5-20/h8-9,12,14H,2-7,10H2,1H3,(H2,18,19,21)/t14-/m1/s1. The van der Waals surface area contributed by atoms with Gasteiger partial charge in [0.25, 0.3) is 0 Å². The van der Waals surface area contributed by atoms with Gasteiger partial charge in [0.2, 0.25) is 0 Å². The first kappa shape index (κ1) is 14.6. The number of benzene rings is 1. The lowest BCUT2D eigenvalue weighted by atomic mass is 9.84. The Kier molecular flexibility index (Phi) is 3.77. The van der Waals surface area contributed by atoms with Crippen LogP contribution in [-0.2, 0) is 0 Å². The van der Waals surface area contributed by atoms with Crippen molar-refractivity contribution in [2.45, 2.75) is 25.8 Å². The lowest BCUT2D eigenvalue weighted by Gasteiger charge is -2.44. The number of amides is 2. The average Bonchev–Trinajstić information content (AvgIpc) is 2.56. The number of carbonyl (C=O) groups is 1. The quantitative estimate of drug-likeness (QED) is 0.875. The molecular formula is C17H23N3O3. The molecule has 4 aliphatic heterocycles. The van der Waals surface area contributed by atoms with Crippen molar-refractivity contribution in [1.29, 1.82) is 0 Å². The van der Waals surface area contributed by atoms with Gasteiger partial charge in [0.1, 0.15) is 13.2 Å². The van der Waals surface area contributed by atoms with Crippen LogP contribution in [0, 0.1) is 12.8 Å². The fourth-order valence-electron chi connectivity index (χ4n) is 3.78. The third-order valence-corrected chi connectivity index (χ3v) is 5.11. The molecule has 0 aliphatic carbocycles. The minimum atomic E-state index is -0.136. The molecule has 3 saturated heterocycles. The molecule has 0 saturated carbocycles. The number of ether oxygens (including phenoxy) is 2. The van der Waals surface area contributed by atoms with Crippen molar-refractivity contribution in [1.82, 2.24) is 10.2 Å². The van der Waals surface area contributed by atoms with Crippen LogP contribution >= 0.6 is 0 Å². The molecule has 5 rings (SSSR count). The monoisotopic (exact) mass is 317 g/mol. The van der Waals surface area contributed by atoms with Gasteiger partial charge in [-0.2, -0.15) is 0 Å². The number of nitrogens with zero attached hydrogens (tertiary/aromatic N) is 1. The van der Waals surface area contributed by atoms with Gasteiger partial charge >= 0.3 is 6.03 Å². The second kappa shape index (κ2) is 5.92. The minimum absolute atomic E-state index is 0.136. The summed E-state index contributed by atoms with van der Waals surface area (Å²) in [4.78, 5) is 14.8. The Balaban J connectivity index is 1.42. The molecule has 6 nitrogen and oxygen atoms in total. The second-order valence-electron chi connectivity index (χ2n) is 6.65. The number of fused-ring (bicyclic) bond motifs is 4. The van der Waals surface area contributed by atoms with Gasteiger partial charge < -0.3 is 25.0 Å². The summed E-state index contributed by atoms with van der Waals surface area (Å²) in [6.07, 6.45) is 2.38. The van der Waals surface area contributed by atoms with Crippen LogP contribution in [0.1, 0.15) is 18.4 Å². The van der Waals surface area contributed by atoms with E-state index in [1.54, 1.807) is 0 Å². The fourth-order valence-corrected chi connectivity index (χ4v) is 3.78. The summed E-state index contributed by atoms with van der Waals surface area (Å²) in [5.41, 5.74) is 1.74. The maximum atomic E-state index is 12.4. The van der Waals surface area contributed by atoms with Crippen LogP contribution in [0.25, 0.3) is 0 Å². The van der Waals surface area contributed by atoms with Gasteiger partial charge in [-0.3, -0.25) is 0 Å². The highest BCUT2D eigenvalue weighted by Gasteiger charge is 2.34. The van der Waals surface area contributed by atoms with Crippen LogP contribution in [0.2, 0.25) is 0 Å². The van der Waals surface area contributed by atoms with E-state index in [2.05, 4.69) is 15.5 Å². The van der Waals surface area contributed by atoms with Gasteiger partial charge in [-0.15, -0.1) is 0 Å². The topological polar surface area (TPSA) is 62.8 Å². The van der Waals surface area contributed by atoms with Crippen LogP contribution in [0.15, 0.2) is 12.1 Å². The Hall–Kier alpha value is -1.95. The number of anilines is 1. The van der Waals surface area contributed by atoms with Crippen molar-refractivity contribution in [3.63, 3.8) is 0 Å². The van der Waals surface area contributed by atoms with E-state index < -0.39 is 0 Å². The Bertz CT molecular complexity index is 611. The number of nitrogens with one attached hydrogen (secondary N) is 2. The minimum Gasteiger partial charge on any atom is -0.486 e. The SMILES string of the molecule is Cc1cc2c(cc1NC(=O)N[C@@H]1CN3CCC1CC3)OCCO2. The van der Waals surface area contributed by atoms with Gasteiger partial charge in [-0.25, -0.2) is 4.79 Å². The first-order chi connectivity index (χ1) is 11.2. The van der Waals surface area contributed by atoms with E-state index in [1.807, 2.05) is 19.1 Å². The van der Waals surface area contributed by atoms with Crippen LogP contribution in [0.5, 0.6) is 11.5 Å². The summed E-state index contributed by atoms with van der Waals surface area (Å²) in [6.45, 7) is 6.39. The third kappa shape index (κ3) is 2.95. The van der Waals surface area contributed by atoms with E-state index in [9.17, 15) is 4.79 Å². The molecule has 2 N–H and O–H groups in total. The Labute approximate surface area is 136 Å². The molecule has 1 aromatic rings. The number of urea groups is 1. The number of piperidine rings is 3. The van der Waals surface area contributed by atoms with E-state index >= 15 is 0 Å². The van der Waals surface area contributed by atoms with E-state index in [0.717, 1.165) is 23.5 Å². The summed E-state index contributed by atoms with van der Waals surface area (Å²) in [6, 6.07) is 3.89. The number of carbonyl (C=O) groups excluding carboxylic acids is 1. The Morgan fingerprint density at radius 2 is 1.87 bits per heavy atom. The number of hydrogen-bond donors (Lipinski definition) is 2. The van der Waals surface area contributed by atoms with E-state index in [1.165, 1.54) is 25.9 Å². The maximum absolute atomic E-state index is 12.4. The highest BCUT2D eigenvalue weighted by molar-refractivity contribution is 5.90. The van der Waals surface area contributed by atoms with Crippen molar-refractivity contribution >= 4 is 11.7 Å². The van der Waals surface area contributed by atoms with Crippen LogP contribution in [0.3, 0.4) is 0 Å². The fraction of sp³-hybridized carbons (Fsp3) is 0.588. The van der Waals surface area contributed by atoms with E-state index in [-0.39, 0.29) is 12.1 Å². The van der Waals surface area contributed by atoms with Gasteiger partial charge in [-0.05, 0) is 50.4 Å². The predicted octanol–water partition coefficient (Wildman–Crippen LogP) is 1.98. The van der Waals surface area contributed by atoms with E-state index in [4.69, 9.17) is 9.47 Å². The van der Waals surface area contributed by atoms with E-state index in [0.29, 0.717) is 24.9 Å². The molecular weight excluding hydrogens is 294 g/mol. The highest BCUT2D eigenvalue weighted by atomic mass is 16.6. The zero-order chi connectivity index (χ0) is 15.8. The first-order valence-corrected chi connectivity index (χ1v) is 8.39. The zero-order valence-electron chi connectivity index (χ0n) is 13.4. The normalized spacial score (nSPS) is 28.3. The number of rotatable bonds is 2. The summed E-state index contributed by atoms with van der Waals surface area (Å²) >= 11 is 0. The van der Waals surface area contributed by atoms with Crippen molar-refractivity contribution in [3.8, 4) is 11.5 Å². The summed E-state index contributed by atoms with van der Waals surface area (Å²) in [5.74, 6) is 2.06. The van der Waals surface area contributed by atoms with Crippen molar-refractivity contribution in [2.75, 3.05) is 38.2 Å². The molecule has 1 atom stereocenters. The molecule has 0 spiro atoms. The summed E-state index contributed by atoms with van der Waals surface area (Å²) < 4.78 is 11.1. The lowest BCUT2D eigenvalue weighted by Crippen LogP contribution is -2.57. The Morgan fingerprint density at radius 3 is 2.52 bits per heavy atom. The molecule has 0 aromatic heterocycles. The molecule has 4 aliphatic rings. The van der Waals surface area contributed by atoms with Crippen molar-refractivity contribution in [3.05, 3.63) is 17.7 Å². The zero-order valence-corrected chi connectivity index (χ0v) is 13.4. The molecule has 6 heteroatoms.